The summed E-state index contributed by atoms with van der Waals surface area (Å²) in [6.45, 7) is 5.16. The maximum absolute atomic E-state index is 13.2. The fraction of sp³-hybridized carbons (Fsp3) is 0.478. The summed E-state index contributed by atoms with van der Waals surface area (Å²) in [7, 11) is 0. The molecule has 1 atom stereocenters. The highest BCUT2D eigenvalue weighted by Crippen LogP contribution is 2.33. The monoisotopic (exact) mass is 445 g/mol. The van der Waals surface area contributed by atoms with Gasteiger partial charge in [0, 0.05) is 35.7 Å². The minimum Gasteiger partial charge on any atom is -0.382 e. The molecule has 1 unspecified atom stereocenters. The van der Waals surface area contributed by atoms with E-state index < -0.39 is 0 Å². The van der Waals surface area contributed by atoms with E-state index in [1.165, 1.54) is 10.4 Å². The number of hydrogen-bond acceptors (Lipinski definition) is 5. The van der Waals surface area contributed by atoms with E-state index >= 15 is 0 Å². The number of nitrogens with zero attached hydrogens (tertiary/aromatic N) is 2. The lowest BCUT2D eigenvalue weighted by Crippen LogP contribution is -2.35. The van der Waals surface area contributed by atoms with Crippen molar-refractivity contribution in [3.05, 3.63) is 62.0 Å². The number of aromatic nitrogens is 2. The summed E-state index contributed by atoms with van der Waals surface area (Å²) in [5.41, 5.74) is 2.34. The van der Waals surface area contributed by atoms with Gasteiger partial charge in [0.2, 0.25) is 0 Å². The third-order valence-corrected chi connectivity index (χ3v) is 7.25. The van der Waals surface area contributed by atoms with E-state index in [-0.39, 0.29) is 5.56 Å². The highest BCUT2D eigenvalue weighted by Gasteiger charge is 2.25. The third kappa shape index (κ3) is 4.78. The van der Waals surface area contributed by atoms with Crippen LogP contribution in [0.1, 0.15) is 35.8 Å². The van der Waals surface area contributed by atoms with Gasteiger partial charge in [-0.3, -0.25) is 9.36 Å². The molecule has 1 N–H and O–H groups in total. The molecule has 30 heavy (non-hydrogen) atoms. The molecule has 2 heterocycles. The van der Waals surface area contributed by atoms with E-state index in [4.69, 9.17) is 16.3 Å². The van der Waals surface area contributed by atoms with Gasteiger partial charge in [-0.05, 0) is 62.8 Å². The molecule has 4 rings (SSSR count). The predicted molar refractivity (Wildman–Crippen MR) is 124 cm³/mol. The molecule has 7 heteroatoms. The van der Waals surface area contributed by atoms with Crippen LogP contribution in [0.25, 0.3) is 10.2 Å². The number of thiophene rings is 1. The molecule has 1 aromatic carbocycles. The number of nitrogens with one attached hydrogen (secondary N) is 1. The first-order valence-electron chi connectivity index (χ1n) is 10.7. The predicted octanol–water partition coefficient (Wildman–Crippen LogP) is 4.23. The van der Waals surface area contributed by atoms with Crippen LogP contribution in [0.3, 0.4) is 0 Å². The number of benzene rings is 1. The number of rotatable bonds is 9. The first-order chi connectivity index (χ1) is 14.7. The Morgan fingerprint density at radius 2 is 2.23 bits per heavy atom. The van der Waals surface area contributed by atoms with Gasteiger partial charge in [0.15, 0.2) is 0 Å². The highest BCUT2D eigenvalue weighted by molar-refractivity contribution is 7.18. The minimum atomic E-state index is 0.0766. The second-order valence-corrected chi connectivity index (χ2v) is 9.20. The van der Waals surface area contributed by atoms with Crippen molar-refractivity contribution in [3.8, 4) is 0 Å². The second-order valence-electron chi connectivity index (χ2n) is 7.71. The Labute approximate surface area is 186 Å². The molecule has 0 radical (unpaired) electrons. The lowest BCUT2D eigenvalue weighted by Gasteiger charge is -2.23. The van der Waals surface area contributed by atoms with E-state index in [1.807, 2.05) is 31.2 Å². The number of hydrogen-bond donors (Lipinski definition) is 1. The van der Waals surface area contributed by atoms with E-state index in [1.54, 1.807) is 22.2 Å². The largest absolute Gasteiger partial charge is 0.382 e. The summed E-state index contributed by atoms with van der Waals surface area (Å²) in [5.74, 6) is 0. The number of halogens is 1. The fourth-order valence-corrected chi connectivity index (χ4v) is 5.59. The summed E-state index contributed by atoms with van der Waals surface area (Å²) < 4.78 is 7.14. The molecule has 0 saturated heterocycles. The van der Waals surface area contributed by atoms with Gasteiger partial charge in [0.1, 0.15) is 4.83 Å². The van der Waals surface area contributed by atoms with Gasteiger partial charge in [-0.25, -0.2) is 4.98 Å². The van der Waals surface area contributed by atoms with Gasteiger partial charge in [-0.15, -0.1) is 11.3 Å². The highest BCUT2D eigenvalue weighted by atomic mass is 35.5. The van der Waals surface area contributed by atoms with Crippen molar-refractivity contribution in [1.82, 2.24) is 14.9 Å². The van der Waals surface area contributed by atoms with E-state index in [0.29, 0.717) is 19.0 Å². The maximum Gasteiger partial charge on any atom is 0.262 e. The van der Waals surface area contributed by atoms with Gasteiger partial charge < -0.3 is 10.1 Å². The second kappa shape index (κ2) is 10.1. The first kappa shape index (κ1) is 21.5. The third-order valence-electron chi connectivity index (χ3n) is 5.72. The Bertz CT molecular complexity index is 1060. The van der Waals surface area contributed by atoms with Crippen LogP contribution in [0, 0.1) is 0 Å². The number of ether oxygens (including phenoxy) is 1. The Morgan fingerprint density at radius 1 is 1.37 bits per heavy atom. The number of aryl methyl sites for hydroxylation is 3. The van der Waals surface area contributed by atoms with E-state index in [2.05, 4.69) is 10.3 Å². The van der Waals surface area contributed by atoms with Crippen LogP contribution in [0.2, 0.25) is 5.02 Å². The summed E-state index contributed by atoms with van der Waals surface area (Å²) in [4.78, 5) is 20.0. The molecule has 0 fully saturated rings. The topological polar surface area (TPSA) is 56.1 Å². The Balaban J connectivity index is 1.46. The molecule has 0 aliphatic heterocycles. The van der Waals surface area contributed by atoms with Crippen LogP contribution in [-0.2, 0) is 30.5 Å². The van der Waals surface area contributed by atoms with Gasteiger partial charge in [-0.1, -0.05) is 29.8 Å². The molecule has 2 aromatic heterocycles. The van der Waals surface area contributed by atoms with Gasteiger partial charge in [-0.2, -0.15) is 0 Å². The average molecular weight is 446 g/mol. The molecular formula is C23H28ClN3O2S. The lowest BCUT2D eigenvalue weighted by molar-refractivity contribution is 0.144. The molecule has 1 aliphatic carbocycles. The fourth-order valence-electron chi connectivity index (χ4n) is 4.10. The Hall–Kier alpha value is -1.73. The van der Waals surface area contributed by atoms with Crippen LogP contribution in [0.4, 0.5) is 0 Å². The van der Waals surface area contributed by atoms with Crippen molar-refractivity contribution in [3.63, 3.8) is 0 Å². The Morgan fingerprint density at radius 3 is 3.07 bits per heavy atom. The van der Waals surface area contributed by atoms with Crippen LogP contribution in [0.5, 0.6) is 0 Å². The normalized spacial score (nSPS) is 16.1. The molecule has 0 saturated carbocycles. The molecule has 0 amide bonds. The average Bonchev–Trinajstić information content (AvgIpc) is 3.13. The standard InChI is InChI=1S/C23H28ClN3O2S/c1-2-29-13-5-11-25-17-8-9-18-20(14-17)30-22-21(18)23(28)27(15-26-22)12-10-16-6-3-4-7-19(16)24/h3-4,6-7,15,17,25H,2,5,8-14H2,1H3. The summed E-state index contributed by atoms with van der Waals surface area (Å²) in [6.07, 6.45) is 6.40. The lowest BCUT2D eigenvalue weighted by atomic mass is 9.93. The number of fused-ring (bicyclic) bond motifs is 3. The quantitative estimate of drug-likeness (QED) is 0.501. The summed E-state index contributed by atoms with van der Waals surface area (Å²) in [6, 6.07) is 8.26. The van der Waals surface area contributed by atoms with Gasteiger partial charge >= 0.3 is 0 Å². The first-order valence-corrected chi connectivity index (χ1v) is 11.9. The molecule has 0 spiro atoms. The summed E-state index contributed by atoms with van der Waals surface area (Å²) >= 11 is 7.94. The molecule has 160 valence electrons. The molecular weight excluding hydrogens is 418 g/mol. The SMILES string of the molecule is CCOCCCNC1CCc2c(sc3ncn(CCc4ccccc4Cl)c(=O)c23)C1. The van der Waals surface area contributed by atoms with Crippen molar-refractivity contribution in [1.29, 1.82) is 0 Å². The Kier molecular flexibility index (Phi) is 7.20. The zero-order chi connectivity index (χ0) is 20.9. The van der Waals surface area contributed by atoms with Crippen molar-refractivity contribution < 1.29 is 4.74 Å². The van der Waals surface area contributed by atoms with Crippen LogP contribution in [0.15, 0.2) is 35.4 Å². The van der Waals surface area contributed by atoms with Crippen LogP contribution >= 0.6 is 22.9 Å². The zero-order valence-electron chi connectivity index (χ0n) is 17.3. The van der Waals surface area contributed by atoms with Crippen molar-refractivity contribution >= 4 is 33.2 Å². The molecule has 3 aromatic rings. The van der Waals surface area contributed by atoms with E-state index in [0.717, 1.165) is 66.2 Å². The van der Waals surface area contributed by atoms with E-state index in [9.17, 15) is 4.79 Å². The van der Waals surface area contributed by atoms with Crippen molar-refractivity contribution in [2.24, 2.45) is 0 Å². The van der Waals surface area contributed by atoms with Crippen LogP contribution < -0.4 is 10.9 Å². The van der Waals surface area contributed by atoms with Crippen molar-refractivity contribution in [2.75, 3.05) is 19.8 Å². The minimum absolute atomic E-state index is 0.0766. The summed E-state index contributed by atoms with van der Waals surface area (Å²) in [5, 5.41) is 5.21. The maximum atomic E-state index is 13.2. The molecule has 0 bridgehead atoms. The van der Waals surface area contributed by atoms with Gasteiger partial charge in [0.25, 0.3) is 5.56 Å². The smallest absolute Gasteiger partial charge is 0.262 e. The van der Waals surface area contributed by atoms with Crippen molar-refractivity contribution in [2.45, 2.75) is 51.6 Å². The van der Waals surface area contributed by atoms with Gasteiger partial charge in [0.05, 0.1) is 11.7 Å². The van der Waals surface area contributed by atoms with Crippen LogP contribution in [-0.4, -0.2) is 35.4 Å². The zero-order valence-corrected chi connectivity index (χ0v) is 18.9. The molecule has 1 aliphatic rings. The molecule has 5 nitrogen and oxygen atoms in total.